The number of hydrogen-bond donors (Lipinski definition) is 1. The molecule has 15 heavy (non-hydrogen) atoms. The van der Waals surface area contributed by atoms with Crippen LogP contribution in [0.25, 0.3) is 10.8 Å². The molecular formula is C12H12FNO. The highest BCUT2D eigenvalue weighted by Crippen LogP contribution is 2.32. The first-order chi connectivity index (χ1) is 7.09. The summed E-state index contributed by atoms with van der Waals surface area (Å²) in [5.41, 5.74) is 0.683. The van der Waals surface area contributed by atoms with Crippen LogP contribution in [0.3, 0.4) is 0 Å². The summed E-state index contributed by atoms with van der Waals surface area (Å²) in [5.74, 6) is -0.118. The number of nitrogens with zero attached hydrogens (tertiary/aromatic N) is 1. The van der Waals surface area contributed by atoms with Crippen LogP contribution in [-0.2, 0) is 0 Å². The third-order valence-electron chi connectivity index (χ3n) is 2.37. The SMILES string of the molecule is CN(C)c1cc(O)cc2cccc(F)c12. The predicted octanol–water partition coefficient (Wildman–Crippen LogP) is 2.75. The number of benzene rings is 2. The second-order valence-electron chi connectivity index (χ2n) is 3.70. The van der Waals surface area contributed by atoms with E-state index in [-0.39, 0.29) is 11.6 Å². The molecule has 2 aromatic rings. The zero-order valence-corrected chi connectivity index (χ0v) is 8.66. The molecule has 0 fully saturated rings. The lowest BCUT2D eigenvalue weighted by atomic mass is 10.1. The van der Waals surface area contributed by atoms with Crippen LogP contribution in [0.5, 0.6) is 5.75 Å². The van der Waals surface area contributed by atoms with E-state index in [1.54, 1.807) is 29.2 Å². The first-order valence-electron chi connectivity index (χ1n) is 4.68. The maximum Gasteiger partial charge on any atom is 0.133 e. The standard InChI is InChI=1S/C12H12FNO/c1-14(2)11-7-9(15)6-8-4-3-5-10(13)12(8)11/h3-7,15H,1-2H3. The third kappa shape index (κ3) is 1.61. The van der Waals surface area contributed by atoms with Gasteiger partial charge in [-0.25, -0.2) is 4.39 Å². The van der Waals surface area contributed by atoms with Crippen molar-refractivity contribution in [2.45, 2.75) is 0 Å². The minimum Gasteiger partial charge on any atom is -0.508 e. The molecule has 1 N–H and O–H groups in total. The molecule has 0 aliphatic carbocycles. The average Bonchev–Trinajstić information content (AvgIpc) is 2.16. The normalized spacial score (nSPS) is 10.6. The summed E-state index contributed by atoms with van der Waals surface area (Å²) in [6.07, 6.45) is 0. The average molecular weight is 205 g/mol. The summed E-state index contributed by atoms with van der Waals surface area (Å²) < 4.78 is 13.6. The first kappa shape index (κ1) is 9.77. The number of aromatic hydroxyl groups is 1. The number of rotatable bonds is 1. The van der Waals surface area contributed by atoms with Crippen molar-refractivity contribution in [3.05, 3.63) is 36.1 Å². The fraction of sp³-hybridized carbons (Fsp3) is 0.167. The maximum atomic E-state index is 13.6. The Balaban J connectivity index is 2.88. The van der Waals surface area contributed by atoms with Crippen molar-refractivity contribution in [1.29, 1.82) is 0 Å². The van der Waals surface area contributed by atoms with Crippen molar-refractivity contribution in [1.82, 2.24) is 0 Å². The molecule has 0 saturated heterocycles. The quantitative estimate of drug-likeness (QED) is 0.773. The predicted molar refractivity (Wildman–Crippen MR) is 59.9 cm³/mol. The Bertz CT molecular complexity index is 508. The van der Waals surface area contributed by atoms with Gasteiger partial charge < -0.3 is 10.0 Å². The number of halogens is 1. The van der Waals surface area contributed by atoms with Crippen LogP contribution in [0, 0.1) is 5.82 Å². The van der Waals surface area contributed by atoms with Crippen LogP contribution in [0.4, 0.5) is 10.1 Å². The van der Waals surface area contributed by atoms with E-state index in [1.165, 1.54) is 6.07 Å². The Morgan fingerprint density at radius 2 is 1.93 bits per heavy atom. The van der Waals surface area contributed by atoms with Gasteiger partial charge in [0, 0.05) is 25.5 Å². The Morgan fingerprint density at radius 1 is 1.20 bits per heavy atom. The summed E-state index contributed by atoms with van der Waals surface area (Å²) in [5, 5.41) is 10.8. The van der Waals surface area contributed by atoms with Gasteiger partial charge in [-0.05, 0) is 17.5 Å². The van der Waals surface area contributed by atoms with Gasteiger partial charge in [0.1, 0.15) is 11.6 Å². The maximum absolute atomic E-state index is 13.6. The topological polar surface area (TPSA) is 23.5 Å². The molecule has 0 spiro atoms. The molecule has 2 aromatic carbocycles. The Labute approximate surface area is 87.6 Å². The molecule has 0 saturated carbocycles. The molecule has 0 amide bonds. The molecule has 3 heteroatoms. The van der Waals surface area contributed by atoms with Crippen LogP contribution in [0.1, 0.15) is 0 Å². The van der Waals surface area contributed by atoms with E-state index in [4.69, 9.17) is 0 Å². The molecule has 0 atom stereocenters. The molecule has 0 radical (unpaired) electrons. The van der Waals surface area contributed by atoms with Gasteiger partial charge in [-0.2, -0.15) is 0 Å². The van der Waals surface area contributed by atoms with Crippen molar-refractivity contribution in [3.63, 3.8) is 0 Å². The highest BCUT2D eigenvalue weighted by Gasteiger charge is 2.09. The van der Waals surface area contributed by atoms with E-state index in [0.717, 1.165) is 0 Å². The second-order valence-corrected chi connectivity index (χ2v) is 3.70. The van der Waals surface area contributed by atoms with Crippen LogP contribution in [0.2, 0.25) is 0 Å². The molecule has 2 rings (SSSR count). The Morgan fingerprint density at radius 3 is 2.60 bits per heavy atom. The van der Waals surface area contributed by atoms with E-state index >= 15 is 0 Å². The second kappa shape index (κ2) is 3.42. The van der Waals surface area contributed by atoms with Crippen molar-refractivity contribution in [2.75, 3.05) is 19.0 Å². The van der Waals surface area contributed by atoms with Crippen LogP contribution < -0.4 is 4.90 Å². The van der Waals surface area contributed by atoms with Gasteiger partial charge in [0.05, 0.1) is 5.69 Å². The van der Waals surface area contributed by atoms with Gasteiger partial charge in [0.2, 0.25) is 0 Å². The number of phenolic OH excluding ortho intramolecular Hbond substituents is 1. The van der Waals surface area contributed by atoms with Gasteiger partial charge >= 0.3 is 0 Å². The fourth-order valence-corrected chi connectivity index (χ4v) is 1.70. The van der Waals surface area contributed by atoms with E-state index in [0.29, 0.717) is 16.5 Å². The number of phenols is 1. The lowest BCUT2D eigenvalue weighted by Gasteiger charge is -2.16. The van der Waals surface area contributed by atoms with Crippen molar-refractivity contribution >= 4 is 16.5 Å². The summed E-state index contributed by atoms with van der Waals surface area (Å²) in [4.78, 5) is 1.78. The Hall–Kier alpha value is -1.77. The van der Waals surface area contributed by atoms with Crippen molar-refractivity contribution < 1.29 is 9.50 Å². The van der Waals surface area contributed by atoms with Crippen LogP contribution in [-0.4, -0.2) is 19.2 Å². The zero-order chi connectivity index (χ0) is 11.0. The molecule has 0 unspecified atom stereocenters. The minimum atomic E-state index is -0.267. The Kier molecular flexibility index (Phi) is 2.23. The first-order valence-corrected chi connectivity index (χ1v) is 4.68. The van der Waals surface area contributed by atoms with Gasteiger partial charge in [0.15, 0.2) is 0 Å². The lowest BCUT2D eigenvalue weighted by Crippen LogP contribution is -2.09. The number of anilines is 1. The molecule has 0 aliphatic rings. The molecule has 0 bridgehead atoms. The van der Waals surface area contributed by atoms with E-state index in [2.05, 4.69) is 0 Å². The van der Waals surface area contributed by atoms with E-state index < -0.39 is 0 Å². The minimum absolute atomic E-state index is 0.150. The molecular weight excluding hydrogens is 193 g/mol. The van der Waals surface area contributed by atoms with Gasteiger partial charge in [-0.3, -0.25) is 0 Å². The monoisotopic (exact) mass is 205 g/mol. The van der Waals surface area contributed by atoms with Gasteiger partial charge in [-0.15, -0.1) is 0 Å². The molecule has 0 aromatic heterocycles. The number of hydrogen-bond acceptors (Lipinski definition) is 2. The summed E-state index contributed by atoms with van der Waals surface area (Å²) in [6.45, 7) is 0. The zero-order valence-electron chi connectivity index (χ0n) is 8.66. The highest BCUT2D eigenvalue weighted by molar-refractivity contribution is 5.96. The van der Waals surface area contributed by atoms with E-state index in [1.807, 2.05) is 14.1 Å². The number of fused-ring (bicyclic) bond motifs is 1. The highest BCUT2D eigenvalue weighted by atomic mass is 19.1. The molecule has 78 valence electrons. The van der Waals surface area contributed by atoms with Gasteiger partial charge in [-0.1, -0.05) is 12.1 Å². The largest absolute Gasteiger partial charge is 0.508 e. The van der Waals surface area contributed by atoms with Crippen molar-refractivity contribution in [2.24, 2.45) is 0 Å². The smallest absolute Gasteiger partial charge is 0.133 e. The summed E-state index contributed by atoms with van der Waals surface area (Å²) >= 11 is 0. The lowest BCUT2D eigenvalue weighted by molar-refractivity contribution is 0.476. The molecule has 0 heterocycles. The fourth-order valence-electron chi connectivity index (χ4n) is 1.70. The molecule has 0 aliphatic heterocycles. The summed E-state index contributed by atoms with van der Waals surface area (Å²) in [6, 6.07) is 7.96. The third-order valence-corrected chi connectivity index (χ3v) is 2.37. The molecule has 2 nitrogen and oxygen atoms in total. The van der Waals surface area contributed by atoms with Crippen LogP contribution in [0.15, 0.2) is 30.3 Å². The van der Waals surface area contributed by atoms with Crippen molar-refractivity contribution in [3.8, 4) is 5.75 Å². The van der Waals surface area contributed by atoms with E-state index in [9.17, 15) is 9.50 Å². The van der Waals surface area contributed by atoms with Gasteiger partial charge in [0.25, 0.3) is 0 Å². The summed E-state index contributed by atoms with van der Waals surface area (Å²) in [7, 11) is 3.64. The van der Waals surface area contributed by atoms with Crippen LogP contribution >= 0.6 is 0 Å².